The Labute approximate surface area is 171 Å². The zero-order chi connectivity index (χ0) is 19.9. The van der Waals surface area contributed by atoms with E-state index in [1.54, 1.807) is 7.05 Å². The predicted molar refractivity (Wildman–Crippen MR) is 111 cm³/mol. The topological polar surface area (TPSA) is 77.0 Å². The first-order valence-electron chi connectivity index (χ1n) is 10.2. The summed E-state index contributed by atoms with van der Waals surface area (Å²) in [5.74, 6) is 2.22. The summed E-state index contributed by atoms with van der Waals surface area (Å²) < 4.78 is 17.1. The smallest absolute Gasteiger partial charge is 0.213 e. The molecule has 0 spiro atoms. The number of para-hydroxylation sites is 1. The van der Waals surface area contributed by atoms with Crippen LogP contribution in [-0.2, 0) is 11.3 Å². The number of ether oxygens (including phenoxy) is 3. The van der Waals surface area contributed by atoms with E-state index in [1.165, 1.54) is 6.42 Å². The van der Waals surface area contributed by atoms with E-state index >= 15 is 0 Å². The lowest BCUT2D eigenvalue weighted by molar-refractivity contribution is 0.0992. The summed E-state index contributed by atoms with van der Waals surface area (Å²) in [5.41, 5.74) is 1.06. The molecule has 2 bridgehead atoms. The second-order valence-corrected chi connectivity index (χ2v) is 7.30. The molecule has 4 rings (SSSR count). The Hall–Kier alpha value is -2.80. The van der Waals surface area contributed by atoms with Crippen LogP contribution in [0.4, 0.5) is 0 Å². The summed E-state index contributed by atoms with van der Waals surface area (Å²) in [6.07, 6.45) is 5.95. The van der Waals surface area contributed by atoms with E-state index in [-0.39, 0.29) is 0 Å². The molecular formula is C22H28N4O3. The maximum Gasteiger partial charge on any atom is 0.213 e. The van der Waals surface area contributed by atoms with Crippen molar-refractivity contribution >= 4 is 5.96 Å². The van der Waals surface area contributed by atoms with Gasteiger partial charge in [0.2, 0.25) is 5.88 Å². The second kappa shape index (κ2) is 9.60. The van der Waals surface area contributed by atoms with Gasteiger partial charge in [-0.2, -0.15) is 0 Å². The Morgan fingerprint density at radius 2 is 2.00 bits per heavy atom. The molecule has 29 heavy (non-hydrogen) atoms. The Morgan fingerprint density at radius 3 is 2.69 bits per heavy atom. The maximum atomic E-state index is 5.89. The molecule has 3 heterocycles. The van der Waals surface area contributed by atoms with E-state index in [0.29, 0.717) is 43.9 Å². The highest BCUT2D eigenvalue weighted by molar-refractivity contribution is 5.80. The zero-order valence-corrected chi connectivity index (χ0v) is 16.7. The number of nitrogens with one attached hydrogen (secondary N) is 2. The van der Waals surface area contributed by atoms with Gasteiger partial charge in [0.1, 0.15) is 19.0 Å². The molecule has 2 aromatic rings. The first-order chi connectivity index (χ1) is 14.3. The highest BCUT2D eigenvalue weighted by atomic mass is 16.5. The van der Waals surface area contributed by atoms with E-state index in [9.17, 15) is 0 Å². The van der Waals surface area contributed by atoms with E-state index in [2.05, 4.69) is 20.6 Å². The summed E-state index contributed by atoms with van der Waals surface area (Å²) >= 11 is 0. The summed E-state index contributed by atoms with van der Waals surface area (Å²) in [6, 6.07) is 13.9. The average molecular weight is 396 g/mol. The normalized spacial score (nSPS) is 23.1. The van der Waals surface area contributed by atoms with Crippen molar-refractivity contribution in [3.8, 4) is 11.6 Å². The van der Waals surface area contributed by atoms with Crippen LogP contribution in [0.3, 0.4) is 0 Å². The van der Waals surface area contributed by atoms with E-state index < -0.39 is 0 Å². The SMILES string of the molecule is CN=C(NCc1ccc(OCCOc2ccccc2)nc1)NC1CC2CCC1O2. The fourth-order valence-electron chi connectivity index (χ4n) is 3.77. The maximum absolute atomic E-state index is 5.89. The number of nitrogens with zero attached hydrogens (tertiary/aromatic N) is 2. The van der Waals surface area contributed by atoms with Gasteiger partial charge in [-0.1, -0.05) is 24.3 Å². The monoisotopic (exact) mass is 396 g/mol. The fourth-order valence-corrected chi connectivity index (χ4v) is 3.77. The highest BCUT2D eigenvalue weighted by Crippen LogP contribution is 2.34. The average Bonchev–Trinajstić information content (AvgIpc) is 3.39. The van der Waals surface area contributed by atoms with Crippen LogP contribution in [0.1, 0.15) is 24.8 Å². The van der Waals surface area contributed by atoms with Gasteiger partial charge in [0.05, 0.1) is 18.2 Å². The molecule has 3 unspecified atom stereocenters. The molecule has 7 heteroatoms. The molecule has 2 fully saturated rings. The Morgan fingerprint density at radius 1 is 1.14 bits per heavy atom. The van der Waals surface area contributed by atoms with Gasteiger partial charge >= 0.3 is 0 Å². The number of hydrogen-bond donors (Lipinski definition) is 2. The standard InChI is InChI=1S/C22H28N4O3/c1-23-22(26-19-13-18-8-9-20(19)29-18)25-15-16-7-10-21(24-14-16)28-12-11-27-17-5-3-2-4-6-17/h2-7,10,14,18-20H,8-9,11-13,15H2,1H3,(H2,23,25,26). The number of hydrogen-bond acceptors (Lipinski definition) is 5. The van der Waals surface area contributed by atoms with Crippen molar-refractivity contribution in [3.63, 3.8) is 0 Å². The molecule has 1 aromatic heterocycles. The van der Waals surface area contributed by atoms with Crippen molar-refractivity contribution in [2.75, 3.05) is 20.3 Å². The van der Waals surface area contributed by atoms with Crippen molar-refractivity contribution in [2.24, 2.45) is 4.99 Å². The van der Waals surface area contributed by atoms with Gasteiger partial charge < -0.3 is 24.8 Å². The lowest BCUT2D eigenvalue weighted by Crippen LogP contribution is -2.47. The first kappa shape index (κ1) is 19.5. The van der Waals surface area contributed by atoms with Crippen LogP contribution >= 0.6 is 0 Å². The molecule has 0 radical (unpaired) electrons. The molecule has 3 atom stereocenters. The minimum Gasteiger partial charge on any atom is -0.490 e. The lowest BCUT2D eigenvalue weighted by Gasteiger charge is -2.22. The number of benzene rings is 1. The number of pyridine rings is 1. The van der Waals surface area contributed by atoms with E-state index in [4.69, 9.17) is 14.2 Å². The summed E-state index contributed by atoms with van der Waals surface area (Å²) in [5, 5.41) is 6.83. The van der Waals surface area contributed by atoms with Crippen LogP contribution < -0.4 is 20.1 Å². The molecule has 2 saturated heterocycles. The molecular weight excluding hydrogens is 368 g/mol. The van der Waals surface area contributed by atoms with Gasteiger partial charge in [-0.25, -0.2) is 4.98 Å². The van der Waals surface area contributed by atoms with Crippen LogP contribution in [0.15, 0.2) is 53.7 Å². The van der Waals surface area contributed by atoms with Crippen LogP contribution in [0.2, 0.25) is 0 Å². The zero-order valence-electron chi connectivity index (χ0n) is 16.7. The number of fused-ring (bicyclic) bond motifs is 2. The molecule has 2 N–H and O–H groups in total. The first-order valence-corrected chi connectivity index (χ1v) is 10.2. The minimum atomic E-state index is 0.322. The molecule has 2 aliphatic heterocycles. The van der Waals surface area contributed by atoms with Crippen LogP contribution in [0.5, 0.6) is 11.6 Å². The summed E-state index contributed by atoms with van der Waals surface area (Å²) in [4.78, 5) is 8.69. The van der Waals surface area contributed by atoms with Crippen LogP contribution in [-0.4, -0.2) is 49.5 Å². The van der Waals surface area contributed by atoms with E-state index in [1.807, 2.05) is 48.7 Å². The second-order valence-electron chi connectivity index (χ2n) is 7.30. The molecule has 0 aliphatic carbocycles. The Balaban J connectivity index is 1.17. The number of aromatic nitrogens is 1. The van der Waals surface area contributed by atoms with E-state index in [0.717, 1.165) is 30.1 Å². The number of aliphatic imine (C=N–C) groups is 1. The third kappa shape index (κ3) is 5.38. The molecule has 7 nitrogen and oxygen atoms in total. The van der Waals surface area contributed by atoms with Crippen molar-refractivity contribution in [3.05, 3.63) is 54.2 Å². The Bertz CT molecular complexity index is 797. The highest BCUT2D eigenvalue weighted by Gasteiger charge is 2.41. The van der Waals surface area contributed by atoms with Crippen molar-refractivity contribution in [1.82, 2.24) is 15.6 Å². The lowest BCUT2D eigenvalue weighted by atomic mass is 9.96. The van der Waals surface area contributed by atoms with Gasteiger partial charge in [0, 0.05) is 25.9 Å². The quantitative estimate of drug-likeness (QED) is 0.406. The largest absolute Gasteiger partial charge is 0.490 e. The predicted octanol–water partition coefficient (Wildman–Crippen LogP) is 2.52. The Kier molecular flexibility index (Phi) is 6.46. The summed E-state index contributed by atoms with van der Waals surface area (Å²) in [7, 11) is 1.79. The third-order valence-corrected chi connectivity index (χ3v) is 5.25. The van der Waals surface area contributed by atoms with Gasteiger partial charge in [-0.15, -0.1) is 0 Å². The van der Waals surface area contributed by atoms with Crippen LogP contribution in [0.25, 0.3) is 0 Å². The van der Waals surface area contributed by atoms with Gasteiger partial charge in [-0.3, -0.25) is 4.99 Å². The van der Waals surface area contributed by atoms with Gasteiger partial charge in [0.25, 0.3) is 0 Å². The van der Waals surface area contributed by atoms with Gasteiger partial charge in [-0.05, 0) is 37.0 Å². The third-order valence-electron chi connectivity index (χ3n) is 5.25. The number of guanidine groups is 1. The molecule has 1 aromatic carbocycles. The number of rotatable bonds is 8. The summed E-state index contributed by atoms with van der Waals surface area (Å²) in [6.45, 7) is 1.57. The minimum absolute atomic E-state index is 0.322. The van der Waals surface area contributed by atoms with Crippen molar-refractivity contribution in [1.29, 1.82) is 0 Å². The van der Waals surface area contributed by atoms with Crippen molar-refractivity contribution < 1.29 is 14.2 Å². The van der Waals surface area contributed by atoms with Gasteiger partial charge in [0.15, 0.2) is 5.96 Å². The molecule has 0 amide bonds. The van der Waals surface area contributed by atoms with Crippen molar-refractivity contribution in [2.45, 2.75) is 44.1 Å². The fraction of sp³-hybridized carbons (Fsp3) is 0.455. The molecule has 0 saturated carbocycles. The molecule has 2 aliphatic rings. The molecule has 154 valence electrons. The van der Waals surface area contributed by atoms with Crippen LogP contribution in [0, 0.1) is 0 Å².